The standard InChI is InChI=1S/C42H80N2O14/c1-15-30-42(10,50)35(46)25(4)32(43-16-17-53-19-18-51-13)23(2)21-40(8,49)37(58-39-33(45)29(44(11)12)20-24(3)54-39)26(5)34(27(6)38(48)56-30)57-31-22-41(9,52-14)36(47)28(7)55-31/h23-37,39,43,45-47,49-50H,15-22H2,1-14H3/t23-,24-,25+,26+,27-,28+,29+,30?,31+,32+,33-,34?,35-,36+,37-,39+,40-,41-,42-/m1/s1. The van der Waals surface area contributed by atoms with Crippen LogP contribution in [0.1, 0.15) is 94.9 Å². The molecular formula is C42H80N2O14. The third-order valence-corrected chi connectivity index (χ3v) is 13.2. The molecule has 0 bridgehead atoms. The van der Waals surface area contributed by atoms with Crippen molar-refractivity contribution in [3.63, 3.8) is 0 Å². The zero-order valence-electron chi connectivity index (χ0n) is 37.8. The van der Waals surface area contributed by atoms with Crippen LogP contribution in [0.5, 0.6) is 0 Å². The van der Waals surface area contributed by atoms with Gasteiger partial charge in [0.25, 0.3) is 0 Å². The number of esters is 1. The van der Waals surface area contributed by atoms with Crippen LogP contribution in [0.25, 0.3) is 0 Å². The second-order valence-corrected chi connectivity index (χ2v) is 18.3. The van der Waals surface area contributed by atoms with Crippen molar-refractivity contribution >= 4 is 5.97 Å². The van der Waals surface area contributed by atoms with Gasteiger partial charge in [-0.3, -0.25) is 4.79 Å². The lowest BCUT2D eigenvalue weighted by Gasteiger charge is -2.49. The van der Waals surface area contributed by atoms with E-state index >= 15 is 0 Å². The number of methoxy groups -OCH3 is 2. The summed E-state index contributed by atoms with van der Waals surface area (Å²) >= 11 is 0. The summed E-state index contributed by atoms with van der Waals surface area (Å²) in [5.74, 6) is -3.49. The average molecular weight is 837 g/mol. The molecule has 3 aliphatic heterocycles. The highest BCUT2D eigenvalue weighted by molar-refractivity contribution is 5.73. The summed E-state index contributed by atoms with van der Waals surface area (Å²) in [6.07, 6.45) is -8.77. The van der Waals surface area contributed by atoms with Gasteiger partial charge in [0.1, 0.15) is 23.9 Å². The first kappa shape index (κ1) is 51.3. The van der Waals surface area contributed by atoms with E-state index in [9.17, 15) is 30.3 Å². The quantitative estimate of drug-likeness (QED) is 0.109. The van der Waals surface area contributed by atoms with Crippen LogP contribution in [-0.2, 0) is 42.7 Å². The first-order valence-electron chi connectivity index (χ1n) is 21.3. The van der Waals surface area contributed by atoms with E-state index in [1.54, 1.807) is 41.7 Å². The van der Waals surface area contributed by atoms with Gasteiger partial charge >= 0.3 is 5.97 Å². The molecule has 3 fully saturated rings. The predicted octanol–water partition coefficient (Wildman–Crippen LogP) is 1.84. The van der Waals surface area contributed by atoms with Gasteiger partial charge in [-0.05, 0) is 80.8 Å². The average Bonchev–Trinajstić information content (AvgIpc) is 3.15. The number of rotatable bonds is 14. The van der Waals surface area contributed by atoms with Crippen LogP contribution >= 0.6 is 0 Å². The first-order chi connectivity index (χ1) is 27.0. The highest BCUT2D eigenvalue weighted by atomic mass is 16.7. The number of hydrogen-bond donors (Lipinski definition) is 6. The minimum absolute atomic E-state index is 0.115. The fourth-order valence-electron chi connectivity index (χ4n) is 9.53. The van der Waals surface area contributed by atoms with Gasteiger partial charge in [0.05, 0.1) is 67.5 Å². The Hall–Kier alpha value is -1.09. The number of carbonyl (C=O) groups is 1. The molecule has 0 saturated carbocycles. The van der Waals surface area contributed by atoms with Crippen LogP contribution in [-0.4, -0.2) is 181 Å². The maximum atomic E-state index is 14.4. The molecule has 3 saturated heterocycles. The van der Waals surface area contributed by atoms with Gasteiger partial charge in [0.2, 0.25) is 0 Å². The van der Waals surface area contributed by atoms with Gasteiger partial charge in [-0.25, -0.2) is 0 Å². The molecule has 0 aromatic rings. The van der Waals surface area contributed by atoms with Gasteiger partial charge < -0.3 is 73.6 Å². The molecule has 0 aromatic heterocycles. The lowest BCUT2D eigenvalue weighted by molar-refractivity contribution is -0.318. The van der Waals surface area contributed by atoms with Crippen molar-refractivity contribution < 1.29 is 68.2 Å². The maximum Gasteiger partial charge on any atom is 0.311 e. The maximum absolute atomic E-state index is 14.4. The van der Waals surface area contributed by atoms with Crippen LogP contribution in [0.3, 0.4) is 0 Å². The summed E-state index contributed by atoms with van der Waals surface area (Å²) in [7, 11) is 6.86. The lowest BCUT2D eigenvalue weighted by Crippen LogP contribution is -2.62. The monoisotopic (exact) mass is 837 g/mol. The number of nitrogens with zero attached hydrogens (tertiary/aromatic N) is 1. The van der Waals surface area contributed by atoms with E-state index in [0.29, 0.717) is 32.8 Å². The lowest BCUT2D eigenvalue weighted by atomic mass is 9.72. The second kappa shape index (κ2) is 21.8. The fraction of sp³-hybridized carbons (Fsp3) is 0.976. The molecule has 0 aliphatic carbocycles. The first-order valence-corrected chi connectivity index (χ1v) is 21.3. The number of cyclic esters (lactones) is 1. The molecule has 0 spiro atoms. The largest absolute Gasteiger partial charge is 0.459 e. The van der Waals surface area contributed by atoms with Crippen LogP contribution in [0.2, 0.25) is 0 Å². The molecule has 342 valence electrons. The van der Waals surface area contributed by atoms with E-state index < -0.39 is 102 Å². The van der Waals surface area contributed by atoms with Crippen molar-refractivity contribution in [3.8, 4) is 0 Å². The zero-order chi connectivity index (χ0) is 43.9. The molecule has 3 aliphatic rings. The Morgan fingerprint density at radius 1 is 0.879 bits per heavy atom. The van der Waals surface area contributed by atoms with E-state index in [2.05, 4.69) is 5.32 Å². The fourth-order valence-corrected chi connectivity index (χ4v) is 9.53. The van der Waals surface area contributed by atoms with E-state index in [1.165, 1.54) is 14.0 Å². The summed E-state index contributed by atoms with van der Waals surface area (Å²) in [5, 5.41) is 63.0. The highest BCUT2D eigenvalue weighted by Gasteiger charge is 2.53. The van der Waals surface area contributed by atoms with Crippen molar-refractivity contribution in [1.29, 1.82) is 0 Å². The topological polar surface area (TPSA) is 207 Å². The van der Waals surface area contributed by atoms with Crippen LogP contribution < -0.4 is 5.32 Å². The molecule has 3 rings (SSSR count). The Morgan fingerprint density at radius 2 is 1.53 bits per heavy atom. The SMILES string of the molecule is CCC1OC(=O)[C@H](C)C(O[C@H]2C[C@@](C)(OC)[C@@H](O)[C@H](C)O2)[C@H](C)[C@@H](O[C@@H]2O[C@H](C)C[C@H](N(C)C)[C@H]2O)[C@](C)(O)C[C@@H](C)[C@H](NCCOCCOC)[C@H](C)[C@@H](O)[C@]1(C)O. The van der Waals surface area contributed by atoms with Gasteiger partial charge in [0.15, 0.2) is 12.6 Å². The summed E-state index contributed by atoms with van der Waals surface area (Å²) in [5.41, 5.74) is -4.58. The number of aliphatic hydroxyl groups is 5. The number of likely N-dealkylation sites (N-methyl/N-ethyl adjacent to an activating group) is 1. The number of aliphatic hydroxyl groups excluding tert-OH is 3. The highest BCUT2D eigenvalue weighted by Crippen LogP contribution is 2.41. The molecule has 58 heavy (non-hydrogen) atoms. The molecule has 0 radical (unpaired) electrons. The summed E-state index contributed by atoms with van der Waals surface area (Å²) < 4.78 is 48.7. The van der Waals surface area contributed by atoms with E-state index in [0.717, 1.165) is 0 Å². The summed E-state index contributed by atoms with van der Waals surface area (Å²) in [6.45, 7) is 19.1. The smallest absolute Gasteiger partial charge is 0.311 e. The second-order valence-electron chi connectivity index (χ2n) is 18.3. The molecule has 0 amide bonds. The molecule has 16 nitrogen and oxygen atoms in total. The Bertz CT molecular complexity index is 1240. The van der Waals surface area contributed by atoms with E-state index in [1.807, 2.05) is 46.7 Å². The van der Waals surface area contributed by atoms with E-state index in [-0.39, 0.29) is 37.3 Å². The Morgan fingerprint density at radius 3 is 2.12 bits per heavy atom. The van der Waals surface area contributed by atoms with Crippen LogP contribution in [0.4, 0.5) is 0 Å². The number of carbonyl (C=O) groups excluding carboxylic acids is 1. The van der Waals surface area contributed by atoms with Crippen molar-refractivity contribution in [3.05, 3.63) is 0 Å². The third-order valence-electron chi connectivity index (χ3n) is 13.2. The normalized spacial score (nSPS) is 46.4. The Balaban J connectivity index is 2.19. The molecule has 19 atom stereocenters. The number of ether oxygens (including phenoxy) is 8. The molecule has 2 unspecified atom stereocenters. The minimum atomic E-state index is -1.87. The van der Waals surface area contributed by atoms with Crippen molar-refractivity contribution in [1.82, 2.24) is 10.2 Å². The predicted molar refractivity (Wildman–Crippen MR) is 216 cm³/mol. The van der Waals surface area contributed by atoms with Crippen molar-refractivity contribution in [2.75, 3.05) is 54.7 Å². The van der Waals surface area contributed by atoms with Crippen molar-refractivity contribution in [2.45, 2.75) is 185 Å². The number of hydrogen-bond acceptors (Lipinski definition) is 16. The molecular weight excluding hydrogens is 756 g/mol. The van der Waals surface area contributed by atoms with Gasteiger partial charge in [0, 0.05) is 51.1 Å². The van der Waals surface area contributed by atoms with Crippen LogP contribution in [0, 0.1) is 23.7 Å². The van der Waals surface area contributed by atoms with Gasteiger partial charge in [-0.1, -0.05) is 27.7 Å². The van der Waals surface area contributed by atoms with Crippen molar-refractivity contribution in [2.24, 2.45) is 23.7 Å². The van der Waals surface area contributed by atoms with Crippen LogP contribution in [0.15, 0.2) is 0 Å². The van der Waals surface area contributed by atoms with Gasteiger partial charge in [-0.2, -0.15) is 0 Å². The molecule has 3 heterocycles. The minimum Gasteiger partial charge on any atom is -0.459 e. The Labute approximate surface area is 347 Å². The zero-order valence-corrected chi connectivity index (χ0v) is 37.8. The summed E-state index contributed by atoms with van der Waals surface area (Å²) in [6, 6.07) is -0.787. The summed E-state index contributed by atoms with van der Waals surface area (Å²) in [4.78, 5) is 16.3. The van der Waals surface area contributed by atoms with Gasteiger partial charge in [-0.15, -0.1) is 0 Å². The molecule has 0 aromatic carbocycles. The molecule has 16 heteroatoms. The van der Waals surface area contributed by atoms with E-state index in [4.69, 9.17) is 37.9 Å². The number of nitrogens with one attached hydrogen (secondary N) is 1. The Kier molecular flexibility index (Phi) is 19.3. The third kappa shape index (κ3) is 12.3. The molecule has 6 N–H and O–H groups in total.